The number of aliphatic hydroxyl groups excluding tert-OH is 1. The summed E-state index contributed by atoms with van der Waals surface area (Å²) in [5.74, 6) is -0.443. The third kappa shape index (κ3) is 4.67. The molecule has 0 bridgehead atoms. The summed E-state index contributed by atoms with van der Waals surface area (Å²) in [7, 11) is 0. The first-order valence-electron chi connectivity index (χ1n) is 13.2. The van der Waals surface area contributed by atoms with Crippen molar-refractivity contribution in [1.82, 2.24) is 5.39 Å². The Kier molecular flexibility index (Phi) is 7.17. The van der Waals surface area contributed by atoms with Gasteiger partial charge >= 0.3 is 5.97 Å². The lowest BCUT2D eigenvalue weighted by molar-refractivity contribution is -0.497. The molecule has 4 aliphatic rings. The predicted molar refractivity (Wildman–Crippen MR) is 133 cm³/mol. The third-order valence-electron chi connectivity index (χ3n) is 9.76. The van der Waals surface area contributed by atoms with E-state index in [1.165, 1.54) is 12.1 Å². The van der Waals surface area contributed by atoms with E-state index in [1.54, 1.807) is 24.3 Å². The van der Waals surface area contributed by atoms with E-state index in [0.717, 1.165) is 24.8 Å². The lowest BCUT2D eigenvalue weighted by Crippen LogP contribution is -2.56. The van der Waals surface area contributed by atoms with E-state index in [9.17, 15) is 19.5 Å². The van der Waals surface area contributed by atoms with E-state index in [2.05, 4.69) is 18.7 Å². The summed E-state index contributed by atoms with van der Waals surface area (Å²) in [6.07, 6.45) is 8.61. The van der Waals surface area contributed by atoms with Crippen molar-refractivity contribution in [3.63, 3.8) is 0 Å². The fourth-order valence-electron chi connectivity index (χ4n) is 8.04. The van der Waals surface area contributed by atoms with Gasteiger partial charge in [-0.15, -0.1) is 0 Å². The second kappa shape index (κ2) is 10.1. The molecule has 4 aliphatic carbocycles. The molecule has 9 nitrogen and oxygen atoms in total. The lowest BCUT2D eigenvalue weighted by atomic mass is 9.46. The molecule has 5 rings (SSSR count). The molecular weight excluding hydrogens is 490 g/mol. The summed E-state index contributed by atoms with van der Waals surface area (Å²) in [6, 6.07) is 6.23. The molecule has 0 heterocycles. The minimum absolute atomic E-state index is 0.0110. The van der Waals surface area contributed by atoms with Gasteiger partial charge in [0.1, 0.15) is 0 Å². The van der Waals surface area contributed by atoms with Gasteiger partial charge < -0.3 is 9.84 Å². The van der Waals surface area contributed by atoms with Crippen molar-refractivity contribution in [3.8, 4) is 0 Å². The number of aliphatic hydroxyl groups is 1. The van der Waals surface area contributed by atoms with Gasteiger partial charge in [0.2, 0.25) is 0 Å². The van der Waals surface area contributed by atoms with Crippen molar-refractivity contribution < 1.29 is 39.5 Å². The minimum Gasteiger partial charge on any atom is -0.454 e. The Morgan fingerprint density at radius 1 is 1.11 bits per heavy atom. The number of hydrogen-bond acceptors (Lipinski definition) is 9. The first kappa shape index (κ1) is 26.9. The van der Waals surface area contributed by atoms with E-state index >= 15 is 0 Å². The van der Waals surface area contributed by atoms with E-state index < -0.39 is 12.1 Å². The second-order valence-electron chi connectivity index (χ2n) is 11.7. The maximum Gasteiger partial charge on any atom is 0.338 e. The second-order valence-corrected chi connectivity index (χ2v) is 11.7. The molecule has 38 heavy (non-hydrogen) atoms. The molecule has 1 aromatic rings. The highest BCUT2D eigenvalue weighted by atomic mass is 17.1. The first-order chi connectivity index (χ1) is 18.0. The van der Waals surface area contributed by atoms with Crippen molar-refractivity contribution in [1.29, 1.82) is 0 Å². The number of esters is 1. The number of ketones is 2. The van der Waals surface area contributed by atoms with Crippen LogP contribution in [0.2, 0.25) is 0 Å². The van der Waals surface area contributed by atoms with E-state index in [4.69, 9.17) is 15.2 Å². The number of allylic oxidation sites excluding steroid dienone is 4. The Labute approximate surface area is 221 Å². The average Bonchev–Trinajstić information content (AvgIpc) is 3.22. The SMILES string of the molecule is C[C@]12C=CC(=O)C=C1CC[C@@H]1[C@@H]2[C@@H](O)C[C@]2(C)C(C(=O)COC(=O)c3ccc(CON(O)O)cc3)CC[C@@H]12. The summed E-state index contributed by atoms with van der Waals surface area (Å²) in [5.41, 5.74) is 1.28. The van der Waals surface area contributed by atoms with Crippen LogP contribution < -0.4 is 0 Å². The molecule has 0 radical (unpaired) electrons. The number of Topliss-reactive ketones (excluding diaryl/α,β-unsaturated/α-hetero) is 1. The topological polar surface area (TPSA) is 134 Å². The van der Waals surface area contributed by atoms with Gasteiger partial charge in [-0.1, -0.05) is 37.6 Å². The first-order valence-corrected chi connectivity index (χ1v) is 13.2. The molecule has 1 unspecified atom stereocenters. The smallest absolute Gasteiger partial charge is 0.338 e. The number of carbonyl (C=O) groups is 3. The van der Waals surface area contributed by atoms with Crippen LogP contribution in [0.3, 0.4) is 0 Å². The number of nitrogens with zero attached hydrogens (tertiary/aromatic N) is 1. The molecule has 0 aliphatic heterocycles. The normalized spacial score (nSPS) is 35.8. The van der Waals surface area contributed by atoms with Crippen LogP contribution in [0.25, 0.3) is 0 Å². The number of benzene rings is 1. The highest BCUT2D eigenvalue weighted by molar-refractivity contribution is 6.01. The molecule has 3 N–H and O–H groups in total. The Balaban J connectivity index is 1.24. The van der Waals surface area contributed by atoms with Gasteiger partial charge in [-0.25, -0.2) is 9.63 Å². The fourth-order valence-corrected chi connectivity index (χ4v) is 8.04. The van der Waals surface area contributed by atoms with E-state index in [0.29, 0.717) is 18.4 Å². The quantitative estimate of drug-likeness (QED) is 0.359. The number of carbonyl (C=O) groups excluding carboxylic acids is 3. The zero-order chi connectivity index (χ0) is 27.2. The molecule has 0 saturated heterocycles. The number of rotatable bonds is 7. The monoisotopic (exact) mass is 525 g/mol. The molecule has 3 fully saturated rings. The molecule has 7 atom stereocenters. The van der Waals surface area contributed by atoms with Crippen molar-refractivity contribution in [2.75, 3.05) is 6.61 Å². The summed E-state index contributed by atoms with van der Waals surface area (Å²) >= 11 is 0. The molecule has 9 heteroatoms. The molecule has 0 aromatic heterocycles. The molecule has 3 saturated carbocycles. The molecule has 0 spiro atoms. The molecule has 0 amide bonds. The average molecular weight is 526 g/mol. The zero-order valence-electron chi connectivity index (χ0n) is 21.7. The van der Waals surface area contributed by atoms with E-state index in [1.807, 2.05) is 6.08 Å². The highest BCUT2D eigenvalue weighted by Gasteiger charge is 2.62. The Morgan fingerprint density at radius 3 is 2.55 bits per heavy atom. The van der Waals surface area contributed by atoms with Gasteiger partial charge in [-0.2, -0.15) is 0 Å². The van der Waals surface area contributed by atoms with Crippen LogP contribution in [0.4, 0.5) is 0 Å². The number of ether oxygens (including phenoxy) is 1. The van der Waals surface area contributed by atoms with Crippen molar-refractivity contribution in [2.45, 2.75) is 58.7 Å². The summed E-state index contributed by atoms with van der Waals surface area (Å²) < 4.78 is 5.38. The Morgan fingerprint density at radius 2 is 1.84 bits per heavy atom. The van der Waals surface area contributed by atoms with Gasteiger partial charge in [0, 0.05) is 17.3 Å². The van der Waals surface area contributed by atoms with Gasteiger partial charge in [0.25, 0.3) is 0 Å². The molecule has 1 aromatic carbocycles. The third-order valence-corrected chi connectivity index (χ3v) is 9.76. The number of hydrogen-bond donors (Lipinski definition) is 3. The van der Waals surface area contributed by atoms with Gasteiger partial charge in [0.05, 0.1) is 23.7 Å². The fraction of sp³-hybridized carbons (Fsp3) is 0.552. The number of fused-ring (bicyclic) bond motifs is 5. The van der Waals surface area contributed by atoms with Crippen LogP contribution in [-0.2, 0) is 25.8 Å². The Hall–Kier alpha value is -2.69. The van der Waals surface area contributed by atoms with Crippen LogP contribution >= 0.6 is 0 Å². The Bertz CT molecular complexity index is 1170. The van der Waals surface area contributed by atoms with Crippen LogP contribution in [-0.4, -0.2) is 51.2 Å². The predicted octanol–water partition coefficient (Wildman–Crippen LogP) is 3.82. The molecule has 204 valence electrons. The maximum atomic E-state index is 13.4. The largest absolute Gasteiger partial charge is 0.454 e. The molecular formula is C29H35NO8. The zero-order valence-corrected chi connectivity index (χ0v) is 21.7. The minimum atomic E-state index is -0.613. The van der Waals surface area contributed by atoms with Gasteiger partial charge in [-0.3, -0.25) is 20.0 Å². The summed E-state index contributed by atoms with van der Waals surface area (Å²) in [5, 5.41) is 28.3. The highest BCUT2D eigenvalue weighted by Crippen LogP contribution is 2.66. The van der Waals surface area contributed by atoms with Crippen molar-refractivity contribution in [2.24, 2.45) is 34.5 Å². The van der Waals surface area contributed by atoms with Crippen molar-refractivity contribution >= 4 is 17.5 Å². The lowest BCUT2D eigenvalue weighted by Gasteiger charge is -2.58. The maximum absolute atomic E-state index is 13.4. The summed E-state index contributed by atoms with van der Waals surface area (Å²) in [4.78, 5) is 42.5. The van der Waals surface area contributed by atoms with Gasteiger partial charge in [0.15, 0.2) is 18.2 Å². The van der Waals surface area contributed by atoms with Gasteiger partial charge in [-0.05, 0) is 79.2 Å². The van der Waals surface area contributed by atoms with E-state index in [-0.39, 0.29) is 70.2 Å². The standard InChI is InChI=1S/C29H35NO8/c1-28-12-11-20(31)13-19(28)7-8-21-22-9-10-23(29(22,2)14-24(32)26(21)28)25(33)16-37-27(34)18-5-3-17(4-6-18)15-38-30(35)36/h3-6,11-13,21-24,26,32,35-36H,7-10,14-16H2,1-2H3/t21-,22-,23?,24-,26+,28-,29-/m0/s1. The van der Waals surface area contributed by atoms with Crippen LogP contribution in [0, 0.1) is 34.5 Å². The summed E-state index contributed by atoms with van der Waals surface area (Å²) in [6.45, 7) is 3.83. The van der Waals surface area contributed by atoms with Crippen molar-refractivity contribution in [3.05, 3.63) is 59.2 Å². The van der Waals surface area contributed by atoms with Crippen LogP contribution in [0.15, 0.2) is 48.1 Å². The van der Waals surface area contributed by atoms with Crippen LogP contribution in [0.5, 0.6) is 0 Å². The van der Waals surface area contributed by atoms with Crippen LogP contribution in [0.1, 0.15) is 61.9 Å².